The van der Waals surface area contributed by atoms with Gasteiger partial charge in [0, 0.05) is 24.2 Å². The number of rotatable bonds is 2. The Balaban J connectivity index is 2.10. The molecule has 8 nitrogen and oxygen atoms in total. The molecule has 0 aromatic carbocycles. The first-order valence-electron chi connectivity index (χ1n) is 6.87. The fourth-order valence-electron chi connectivity index (χ4n) is 3.30. The SMILES string of the molecule is COC(=O)C1(C(=O)OC)C[C@@H]2C[C@H]1Oc1nc(=O)c(C)cn12. The molecule has 118 valence electrons. The number of carbonyl (C=O) groups is 2. The number of aryl methyl sites for hydroxylation is 1. The van der Waals surface area contributed by atoms with E-state index in [1.54, 1.807) is 17.7 Å². The fourth-order valence-corrected chi connectivity index (χ4v) is 3.30. The fraction of sp³-hybridized carbons (Fsp3) is 0.571. The van der Waals surface area contributed by atoms with Gasteiger partial charge >= 0.3 is 11.9 Å². The third-order valence-electron chi connectivity index (χ3n) is 4.42. The van der Waals surface area contributed by atoms with Crippen molar-refractivity contribution in [1.29, 1.82) is 0 Å². The highest BCUT2D eigenvalue weighted by atomic mass is 16.6. The molecule has 1 aliphatic carbocycles. The maximum Gasteiger partial charge on any atom is 0.327 e. The summed E-state index contributed by atoms with van der Waals surface area (Å²) in [4.78, 5) is 40.1. The van der Waals surface area contributed by atoms with Crippen LogP contribution in [0.4, 0.5) is 0 Å². The van der Waals surface area contributed by atoms with Gasteiger partial charge in [-0.25, -0.2) is 0 Å². The van der Waals surface area contributed by atoms with Gasteiger partial charge in [0.05, 0.1) is 14.2 Å². The molecular formula is C14H16N2O6. The second-order valence-electron chi connectivity index (χ2n) is 5.57. The minimum absolute atomic E-state index is 0.117. The van der Waals surface area contributed by atoms with Crippen LogP contribution in [-0.2, 0) is 19.1 Å². The van der Waals surface area contributed by atoms with Gasteiger partial charge in [-0.1, -0.05) is 0 Å². The lowest BCUT2D eigenvalue weighted by Gasteiger charge is -2.30. The summed E-state index contributed by atoms with van der Waals surface area (Å²) >= 11 is 0. The Morgan fingerprint density at radius 2 is 2.00 bits per heavy atom. The van der Waals surface area contributed by atoms with Crippen LogP contribution in [0.15, 0.2) is 11.0 Å². The number of ether oxygens (including phenoxy) is 3. The van der Waals surface area contributed by atoms with Gasteiger partial charge in [-0.15, -0.1) is 0 Å². The molecule has 0 amide bonds. The van der Waals surface area contributed by atoms with Gasteiger partial charge in [0.2, 0.25) is 5.41 Å². The summed E-state index contributed by atoms with van der Waals surface area (Å²) in [5, 5.41) is 0. The molecule has 0 radical (unpaired) electrons. The zero-order valence-electron chi connectivity index (χ0n) is 12.5. The number of hydrogen-bond acceptors (Lipinski definition) is 7. The zero-order valence-corrected chi connectivity index (χ0v) is 12.5. The van der Waals surface area contributed by atoms with E-state index in [0.29, 0.717) is 12.0 Å². The highest BCUT2D eigenvalue weighted by molar-refractivity contribution is 6.01. The van der Waals surface area contributed by atoms with Crippen LogP contribution in [0.5, 0.6) is 6.01 Å². The van der Waals surface area contributed by atoms with Gasteiger partial charge in [0.25, 0.3) is 11.6 Å². The van der Waals surface area contributed by atoms with Gasteiger partial charge in [-0.05, 0) is 13.3 Å². The van der Waals surface area contributed by atoms with E-state index in [1.807, 2.05) is 0 Å². The first-order chi connectivity index (χ1) is 10.4. The summed E-state index contributed by atoms with van der Waals surface area (Å²) in [6, 6.07) is -0.0646. The Morgan fingerprint density at radius 1 is 1.36 bits per heavy atom. The van der Waals surface area contributed by atoms with Crippen LogP contribution < -0.4 is 10.3 Å². The van der Waals surface area contributed by atoms with Crippen LogP contribution in [0.2, 0.25) is 0 Å². The van der Waals surface area contributed by atoms with Gasteiger partial charge in [0.15, 0.2) is 0 Å². The van der Waals surface area contributed by atoms with Crippen LogP contribution >= 0.6 is 0 Å². The molecule has 8 heteroatoms. The Labute approximate surface area is 126 Å². The van der Waals surface area contributed by atoms with E-state index in [9.17, 15) is 14.4 Å². The van der Waals surface area contributed by atoms with Crippen molar-refractivity contribution in [2.45, 2.75) is 31.9 Å². The third kappa shape index (κ3) is 1.76. The molecule has 0 saturated heterocycles. The van der Waals surface area contributed by atoms with Crippen molar-refractivity contribution < 1.29 is 23.8 Å². The molecule has 22 heavy (non-hydrogen) atoms. The molecule has 1 aliphatic heterocycles. The molecule has 0 unspecified atom stereocenters. The summed E-state index contributed by atoms with van der Waals surface area (Å²) in [6.07, 6.45) is 1.51. The van der Waals surface area contributed by atoms with Crippen LogP contribution in [0, 0.1) is 12.3 Å². The molecule has 1 aromatic heterocycles. The summed E-state index contributed by atoms with van der Waals surface area (Å²) in [6.45, 7) is 1.65. The Hall–Kier alpha value is -2.38. The summed E-state index contributed by atoms with van der Waals surface area (Å²) in [5.74, 6) is -1.39. The van der Waals surface area contributed by atoms with Crippen molar-refractivity contribution in [2.75, 3.05) is 14.2 Å². The molecule has 3 rings (SSSR count). The van der Waals surface area contributed by atoms with Gasteiger partial charge < -0.3 is 14.2 Å². The average molecular weight is 308 g/mol. The van der Waals surface area contributed by atoms with E-state index < -0.39 is 29.0 Å². The monoisotopic (exact) mass is 308 g/mol. The largest absolute Gasteiger partial charge is 0.468 e. The lowest BCUT2D eigenvalue weighted by molar-refractivity contribution is -0.174. The molecule has 0 N–H and O–H groups in total. The minimum Gasteiger partial charge on any atom is -0.468 e. The lowest BCUT2D eigenvalue weighted by Crippen LogP contribution is -2.49. The Kier molecular flexibility index (Phi) is 3.19. The van der Waals surface area contributed by atoms with Crippen LogP contribution in [0.1, 0.15) is 24.4 Å². The average Bonchev–Trinajstić information content (AvgIpc) is 2.83. The summed E-state index contributed by atoms with van der Waals surface area (Å²) < 4.78 is 17.0. The number of carbonyl (C=O) groups excluding carboxylic acids is 2. The smallest absolute Gasteiger partial charge is 0.327 e. The standard InChI is InChI=1S/C14H16N2O6/c1-7-6-16-8-4-9(22-13(16)15-10(7)17)14(5-8,11(18)20-2)12(19)21-3/h6,8-9H,4-5H2,1-3H3/t8-,9+/m0/s1. The quantitative estimate of drug-likeness (QED) is 0.559. The molecule has 2 heterocycles. The maximum absolute atomic E-state index is 12.3. The second-order valence-corrected chi connectivity index (χ2v) is 5.57. The van der Waals surface area contributed by atoms with E-state index in [4.69, 9.17) is 14.2 Å². The van der Waals surface area contributed by atoms with E-state index in [-0.39, 0.29) is 18.5 Å². The summed E-state index contributed by atoms with van der Waals surface area (Å²) in [7, 11) is 2.43. The highest BCUT2D eigenvalue weighted by Gasteiger charge is 2.64. The number of nitrogens with zero attached hydrogens (tertiary/aromatic N) is 2. The lowest BCUT2D eigenvalue weighted by atomic mass is 9.84. The van der Waals surface area contributed by atoms with Crippen molar-refractivity contribution in [3.63, 3.8) is 0 Å². The molecule has 2 bridgehead atoms. The molecule has 0 spiro atoms. The highest BCUT2D eigenvalue weighted by Crippen LogP contribution is 2.51. The predicted octanol–water partition coefficient (Wildman–Crippen LogP) is -0.0200. The van der Waals surface area contributed by atoms with Crippen molar-refractivity contribution in [1.82, 2.24) is 9.55 Å². The topological polar surface area (TPSA) is 96.7 Å². The molecule has 1 aromatic rings. The number of fused-ring (bicyclic) bond motifs is 4. The molecular weight excluding hydrogens is 292 g/mol. The maximum atomic E-state index is 12.3. The number of aromatic nitrogens is 2. The summed E-state index contributed by atoms with van der Waals surface area (Å²) in [5.41, 5.74) is -1.45. The normalized spacial score (nSPS) is 24.1. The first kappa shape index (κ1) is 14.6. The van der Waals surface area contributed by atoms with E-state index in [2.05, 4.69) is 4.98 Å². The van der Waals surface area contributed by atoms with Gasteiger partial charge in [0.1, 0.15) is 6.10 Å². The Bertz CT molecular complexity index is 694. The van der Waals surface area contributed by atoms with Crippen molar-refractivity contribution in [3.05, 3.63) is 22.1 Å². The number of methoxy groups -OCH3 is 2. The third-order valence-corrected chi connectivity index (χ3v) is 4.42. The van der Waals surface area contributed by atoms with Crippen molar-refractivity contribution in [2.24, 2.45) is 5.41 Å². The molecule has 1 saturated carbocycles. The van der Waals surface area contributed by atoms with Gasteiger partial charge in [-0.3, -0.25) is 19.0 Å². The van der Waals surface area contributed by atoms with Crippen LogP contribution in [-0.4, -0.2) is 41.8 Å². The van der Waals surface area contributed by atoms with Gasteiger partial charge in [-0.2, -0.15) is 4.98 Å². The first-order valence-corrected chi connectivity index (χ1v) is 6.87. The minimum atomic E-state index is -1.53. The van der Waals surface area contributed by atoms with Crippen molar-refractivity contribution in [3.8, 4) is 6.01 Å². The van der Waals surface area contributed by atoms with Crippen molar-refractivity contribution >= 4 is 11.9 Å². The predicted molar refractivity (Wildman–Crippen MR) is 72.4 cm³/mol. The zero-order chi connectivity index (χ0) is 16.1. The van der Waals surface area contributed by atoms with E-state index >= 15 is 0 Å². The number of esters is 2. The van der Waals surface area contributed by atoms with E-state index in [1.165, 1.54) is 14.2 Å². The Morgan fingerprint density at radius 3 is 2.59 bits per heavy atom. The molecule has 2 aliphatic rings. The van der Waals surface area contributed by atoms with Crippen LogP contribution in [0.25, 0.3) is 0 Å². The molecule has 2 atom stereocenters. The second kappa shape index (κ2) is 4.82. The van der Waals surface area contributed by atoms with Crippen LogP contribution in [0.3, 0.4) is 0 Å². The van der Waals surface area contributed by atoms with E-state index in [0.717, 1.165) is 0 Å². The number of hydrogen-bond donors (Lipinski definition) is 0. The molecule has 1 fully saturated rings.